The molecule has 9 nitrogen and oxygen atoms in total. The molecule has 0 aliphatic rings. The summed E-state index contributed by atoms with van der Waals surface area (Å²) in [5.74, 6) is -0.399. The maximum atomic E-state index is 13.3. The van der Waals surface area contributed by atoms with Gasteiger partial charge in [0.1, 0.15) is 17.3 Å². The molecule has 4 aromatic rings. The van der Waals surface area contributed by atoms with Crippen molar-refractivity contribution in [1.29, 1.82) is 0 Å². The SMILES string of the molecule is Cc1nc(NS(=O)(=O)c2ccc(F)cc2)ccc1-c1cc2cnc(N)nc2n(C(C)C)c1=O. The Kier molecular flexibility index (Phi) is 5.58. The molecule has 11 heteroatoms. The van der Waals surface area contributed by atoms with Gasteiger partial charge in [0.15, 0.2) is 0 Å². The number of nitrogens with one attached hydrogen (secondary N) is 1. The smallest absolute Gasteiger partial charge is 0.263 e. The van der Waals surface area contributed by atoms with Crippen molar-refractivity contribution in [1.82, 2.24) is 19.5 Å². The highest BCUT2D eigenvalue weighted by atomic mass is 32.2. The first kappa shape index (κ1) is 22.3. The van der Waals surface area contributed by atoms with E-state index < -0.39 is 15.8 Å². The van der Waals surface area contributed by atoms with Gasteiger partial charge in [-0.2, -0.15) is 4.98 Å². The molecular weight excluding hydrogens is 447 g/mol. The van der Waals surface area contributed by atoms with Crippen LogP contribution in [0.15, 0.2) is 58.4 Å². The van der Waals surface area contributed by atoms with Crippen LogP contribution in [0.3, 0.4) is 0 Å². The summed E-state index contributed by atoms with van der Waals surface area (Å²) in [5, 5.41) is 0.632. The van der Waals surface area contributed by atoms with Gasteiger partial charge in [-0.3, -0.25) is 14.1 Å². The van der Waals surface area contributed by atoms with E-state index in [-0.39, 0.29) is 28.3 Å². The number of hydrogen-bond donors (Lipinski definition) is 2. The molecule has 0 unspecified atom stereocenters. The van der Waals surface area contributed by atoms with Crippen LogP contribution in [0.25, 0.3) is 22.2 Å². The molecule has 0 aliphatic carbocycles. The lowest BCUT2D eigenvalue weighted by Crippen LogP contribution is -2.25. The van der Waals surface area contributed by atoms with Crippen molar-refractivity contribution in [2.75, 3.05) is 10.5 Å². The Balaban J connectivity index is 1.77. The van der Waals surface area contributed by atoms with Crippen LogP contribution in [-0.4, -0.2) is 27.9 Å². The van der Waals surface area contributed by atoms with Crippen molar-refractivity contribution in [2.45, 2.75) is 31.7 Å². The first-order valence-corrected chi connectivity index (χ1v) is 11.5. The van der Waals surface area contributed by atoms with Gasteiger partial charge in [-0.25, -0.2) is 22.8 Å². The molecule has 0 atom stereocenters. The van der Waals surface area contributed by atoms with Crippen LogP contribution in [0.1, 0.15) is 25.6 Å². The van der Waals surface area contributed by atoms with Crippen LogP contribution >= 0.6 is 0 Å². The van der Waals surface area contributed by atoms with Crippen LogP contribution in [0.4, 0.5) is 16.2 Å². The second-order valence-corrected chi connectivity index (χ2v) is 9.41. The molecule has 3 N–H and O–H groups in total. The summed E-state index contributed by atoms with van der Waals surface area (Å²) in [6, 6.07) is 9.02. The van der Waals surface area contributed by atoms with Gasteiger partial charge >= 0.3 is 0 Å². The minimum atomic E-state index is -3.96. The fraction of sp³-hybridized carbons (Fsp3) is 0.182. The van der Waals surface area contributed by atoms with E-state index in [1.165, 1.54) is 10.6 Å². The number of hydrogen-bond acceptors (Lipinski definition) is 7. The predicted octanol–water partition coefficient (Wildman–Crippen LogP) is 3.26. The molecule has 33 heavy (non-hydrogen) atoms. The number of aryl methyl sites for hydroxylation is 1. The maximum absolute atomic E-state index is 13.3. The highest BCUT2D eigenvalue weighted by molar-refractivity contribution is 7.92. The first-order chi connectivity index (χ1) is 15.6. The van der Waals surface area contributed by atoms with E-state index in [2.05, 4.69) is 19.7 Å². The number of sulfonamides is 1. The molecular formula is C22H21FN6O3S. The summed E-state index contributed by atoms with van der Waals surface area (Å²) in [4.78, 5) is 25.8. The Morgan fingerprint density at radius 1 is 1.06 bits per heavy atom. The normalized spacial score (nSPS) is 11.8. The van der Waals surface area contributed by atoms with Crippen LogP contribution in [0.2, 0.25) is 0 Å². The number of halogens is 1. The molecule has 170 valence electrons. The fourth-order valence-electron chi connectivity index (χ4n) is 3.52. The monoisotopic (exact) mass is 468 g/mol. The van der Waals surface area contributed by atoms with Crippen LogP contribution in [0, 0.1) is 12.7 Å². The maximum Gasteiger partial charge on any atom is 0.263 e. The standard InChI is InChI=1S/C22H21FN6O3S/c1-12(2)29-20-14(11-25-22(24)27-20)10-18(21(29)30)17-8-9-19(26-13(17)3)28-33(31,32)16-6-4-15(23)5-7-16/h4-12H,1-3H3,(H,26,28)(H2,24,25,27). The molecule has 0 amide bonds. The summed E-state index contributed by atoms with van der Waals surface area (Å²) < 4.78 is 42.2. The molecule has 0 fully saturated rings. The Bertz CT molecular complexity index is 1530. The van der Waals surface area contributed by atoms with Gasteiger partial charge < -0.3 is 5.73 Å². The fourth-order valence-corrected chi connectivity index (χ4v) is 4.52. The molecule has 0 bridgehead atoms. The third-order valence-electron chi connectivity index (χ3n) is 5.05. The van der Waals surface area contributed by atoms with Crippen LogP contribution in [0.5, 0.6) is 0 Å². The summed E-state index contributed by atoms with van der Waals surface area (Å²) in [6.45, 7) is 5.40. The second-order valence-electron chi connectivity index (χ2n) is 7.72. The summed E-state index contributed by atoms with van der Waals surface area (Å²) in [5.41, 5.74) is 7.22. The zero-order chi connectivity index (χ0) is 23.9. The van der Waals surface area contributed by atoms with Crippen molar-refractivity contribution in [3.05, 3.63) is 70.5 Å². The lowest BCUT2D eigenvalue weighted by atomic mass is 10.0. The van der Waals surface area contributed by atoms with Gasteiger partial charge in [-0.1, -0.05) is 0 Å². The van der Waals surface area contributed by atoms with E-state index in [9.17, 15) is 17.6 Å². The molecule has 0 spiro atoms. The molecule has 3 heterocycles. The number of fused-ring (bicyclic) bond motifs is 1. The number of aromatic nitrogens is 4. The molecule has 3 aromatic heterocycles. The number of pyridine rings is 2. The highest BCUT2D eigenvalue weighted by Crippen LogP contribution is 2.26. The molecule has 4 rings (SSSR count). The van der Waals surface area contributed by atoms with Crippen molar-refractivity contribution in [2.24, 2.45) is 0 Å². The van der Waals surface area contributed by atoms with Crippen LogP contribution < -0.4 is 16.0 Å². The van der Waals surface area contributed by atoms with E-state index in [1.54, 1.807) is 25.3 Å². The van der Waals surface area contributed by atoms with Gasteiger partial charge in [-0.05, 0) is 63.2 Å². The van der Waals surface area contributed by atoms with E-state index in [4.69, 9.17) is 5.73 Å². The number of rotatable bonds is 5. The number of benzene rings is 1. The van der Waals surface area contributed by atoms with Gasteiger partial charge in [0.25, 0.3) is 15.6 Å². The van der Waals surface area contributed by atoms with Crippen molar-refractivity contribution < 1.29 is 12.8 Å². The zero-order valence-corrected chi connectivity index (χ0v) is 18.9. The van der Waals surface area contributed by atoms with Gasteiger partial charge in [0.05, 0.1) is 4.90 Å². The minimum absolute atomic E-state index is 0.0692. The van der Waals surface area contributed by atoms with Crippen molar-refractivity contribution >= 4 is 32.8 Å². The molecule has 0 saturated heterocycles. The predicted molar refractivity (Wildman–Crippen MR) is 124 cm³/mol. The largest absolute Gasteiger partial charge is 0.368 e. The molecule has 0 radical (unpaired) electrons. The number of nitrogens with zero attached hydrogens (tertiary/aromatic N) is 4. The topological polar surface area (TPSA) is 133 Å². The Morgan fingerprint density at radius 2 is 1.76 bits per heavy atom. The van der Waals surface area contributed by atoms with Crippen molar-refractivity contribution in [3.8, 4) is 11.1 Å². The lowest BCUT2D eigenvalue weighted by Gasteiger charge is -2.16. The first-order valence-electron chi connectivity index (χ1n) is 10.0. The Hall–Kier alpha value is -3.86. The zero-order valence-electron chi connectivity index (χ0n) is 18.1. The van der Waals surface area contributed by atoms with Gasteiger partial charge in [0, 0.05) is 34.4 Å². The average Bonchev–Trinajstić information content (AvgIpc) is 2.73. The third-order valence-corrected chi connectivity index (χ3v) is 6.42. The highest BCUT2D eigenvalue weighted by Gasteiger charge is 2.19. The Morgan fingerprint density at radius 3 is 2.39 bits per heavy atom. The average molecular weight is 469 g/mol. The van der Waals surface area contributed by atoms with Crippen LogP contribution in [-0.2, 0) is 10.0 Å². The quantitative estimate of drug-likeness (QED) is 0.459. The minimum Gasteiger partial charge on any atom is -0.368 e. The lowest BCUT2D eigenvalue weighted by molar-refractivity contribution is 0.596. The number of nitrogens with two attached hydrogens (primary N) is 1. The summed E-state index contributed by atoms with van der Waals surface area (Å²) >= 11 is 0. The van der Waals surface area contributed by atoms with E-state index in [0.717, 1.165) is 24.3 Å². The van der Waals surface area contributed by atoms with E-state index in [0.29, 0.717) is 27.9 Å². The second kappa shape index (κ2) is 8.24. The number of nitrogen functional groups attached to an aromatic ring is 1. The Labute approximate surface area is 189 Å². The third kappa shape index (κ3) is 4.27. The van der Waals surface area contributed by atoms with E-state index in [1.807, 2.05) is 13.8 Å². The molecule has 0 saturated carbocycles. The summed E-state index contributed by atoms with van der Waals surface area (Å²) in [7, 11) is -3.96. The molecule has 1 aromatic carbocycles. The van der Waals surface area contributed by atoms with E-state index >= 15 is 0 Å². The van der Waals surface area contributed by atoms with Gasteiger partial charge in [0.2, 0.25) is 5.95 Å². The molecule has 0 aliphatic heterocycles. The van der Waals surface area contributed by atoms with Crippen molar-refractivity contribution in [3.63, 3.8) is 0 Å². The number of anilines is 2. The summed E-state index contributed by atoms with van der Waals surface area (Å²) in [6.07, 6.45) is 1.55. The van der Waals surface area contributed by atoms with Gasteiger partial charge in [-0.15, -0.1) is 0 Å².